The van der Waals surface area contributed by atoms with Crippen LogP contribution in [-0.4, -0.2) is 31.5 Å². The second-order valence-corrected chi connectivity index (χ2v) is 7.52. The van der Waals surface area contributed by atoms with Crippen molar-refractivity contribution in [1.82, 2.24) is 0 Å². The average Bonchev–Trinajstić information content (AvgIpc) is 3.20. The Labute approximate surface area is 163 Å². The van der Waals surface area contributed by atoms with Gasteiger partial charge in [0, 0.05) is 30.4 Å². The lowest BCUT2D eigenvalue weighted by atomic mass is 10.1. The van der Waals surface area contributed by atoms with Crippen LogP contribution in [0.5, 0.6) is 5.75 Å². The number of hydrogen-bond donors (Lipinski definition) is 0. The molecule has 0 N–H and O–H groups in total. The Hall–Kier alpha value is -2.53. The van der Waals surface area contributed by atoms with Crippen LogP contribution in [0.15, 0.2) is 42.5 Å². The van der Waals surface area contributed by atoms with E-state index in [4.69, 9.17) is 16.3 Å². The fourth-order valence-corrected chi connectivity index (χ4v) is 4.30. The largest absolute Gasteiger partial charge is 0.495 e. The maximum atomic E-state index is 13.2. The smallest absolute Gasteiger partial charge is 0.232 e. The van der Waals surface area contributed by atoms with Crippen LogP contribution in [0.25, 0.3) is 0 Å². The van der Waals surface area contributed by atoms with Gasteiger partial charge in [0.15, 0.2) is 0 Å². The molecular formula is C21H21ClN2O3. The van der Waals surface area contributed by atoms with Crippen LogP contribution in [-0.2, 0) is 16.0 Å². The number of carbonyl (C=O) groups excluding carboxylic acids is 2. The zero-order valence-corrected chi connectivity index (χ0v) is 16.1. The Morgan fingerprint density at radius 1 is 1.19 bits per heavy atom. The Morgan fingerprint density at radius 3 is 2.70 bits per heavy atom. The monoisotopic (exact) mass is 384 g/mol. The molecule has 140 valence electrons. The lowest BCUT2D eigenvalue weighted by molar-refractivity contribution is -0.124. The SMILES string of the molecule is COc1ccc(N2CC(C(=O)N3c4ccccc4CC3C)CC2=O)cc1Cl. The highest BCUT2D eigenvalue weighted by Gasteiger charge is 2.41. The highest BCUT2D eigenvalue weighted by molar-refractivity contribution is 6.32. The second kappa shape index (κ2) is 6.89. The Kier molecular flexibility index (Phi) is 4.56. The Bertz CT molecular complexity index is 914. The lowest BCUT2D eigenvalue weighted by Crippen LogP contribution is -2.41. The molecular weight excluding hydrogens is 364 g/mol. The van der Waals surface area contributed by atoms with Gasteiger partial charge in [0.1, 0.15) is 5.75 Å². The molecule has 2 atom stereocenters. The van der Waals surface area contributed by atoms with Crippen molar-refractivity contribution in [3.63, 3.8) is 0 Å². The highest BCUT2D eigenvalue weighted by atomic mass is 35.5. The topological polar surface area (TPSA) is 49.9 Å². The van der Waals surface area contributed by atoms with Gasteiger partial charge in [-0.25, -0.2) is 0 Å². The van der Waals surface area contributed by atoms with E-state index in [1.54, 1.807) is 30.2 Å². The van der Waals surface area contributed by atoms with E-state index < -0.39 is 0 Å². The van der Waals surface area contributed by atoms with E-state index in [1.807, 2.05) is 23.1 Å². The Balaban J connectivity index is 1.56. The van der Waals surface area contributed by atoms with Gasteiger partial charge in [0.05, 0.1) is 18.1 Å². The first-order valence-corrected chi connectivity index (χ1v) is 9.42. The molecule has 2 aromatic rings. The number of methoxy groups -OCH3 is 1. The first-order valence-electron chi connectivity index (χ1n) is 9.04. The van der Waals surface area contributed by atoms with Gasteiger partial charge >= 0.3 is 0 Å². The van der Waals surface area contributed by atoms with Crippen molar-refractivity contribution in [2.45, 2.75) is 25.8 Å². The van der Waals surface area contributed by atoms with E-state index in [0.717, 1.165) is 12.1 Å². The molecule has 2 amide bonds. The minimum absolute atomic E-state index is 0.0166. The molecule has 2 unspecified atom stereocenters. The third-order valence-electron chi connectivity index (χ3n) is 5.37. The highest BCUT2D eigenvalue weighted by Crippen LogP contribution is 2.36. The van der Waals surface area contributed by atoms with Crippen molar-refractivity contribution in [2.75, 3.05) is 23.5 Å². The van der Waals surface area contributed by atoms with E-state index in [-0.39, 0.29) is 30.2 Å². The van der Waals surface area contributed by atoms with Gasteiger partial charge < -0.3 is 14.5 Å². The van der Waals surface area contributed by atoms with Gasteiger partial charge in [-0.1, -0.05) is 29.8 Å². The first kappa shape index (κ1) is 17.9. The summed E-state index contributed by atoms with van der Waals surface area (Å²) in [5.74, 6) is 0.159. The molecule has 2 aliphatic heterocycles. The van der Waals surface area contributed by atoms with Crippen molar-refractivity contribution in [3.05, 3.63) is 53.1 Å². The number of para-hydroxylation sites is 1. The van der Waals surface area contributed by atoms with Gasteiger partial charge in [-0.15, -0.1) is 0 Å². The molecule has 0 spiro atoms. The van der Waals surface area contributed by atoms with Gasteiger partial charge in [-0.3, -0.25) is 9.59 Å². The average molecular weight is 385 g/mol. The third kappa shape index (κ3) is 3.06. The number of benzene rings is 2. The predicted octanol–water partition coefficient (Wildman–Crippen LogP) is 3.68. The number of carbonyl (C=O) groups is 2. The molecule has 1 saturated heterocycles. The zero-order valence-electron chi connectivity index (χ0n) is 15.3. The number of nitrogens with zero attached hydrogens (tertiary/aromatic N) is 2. The molecule has 2 heterocycles. The van der Waals surface area contributed by atoms with Crippen molar-refractivity contribution in [1.29, 1.82) is 0 Å². The van der Waals surface area contributed by atoms with Crippen LogP contribution in [0.3, 0.4) is 0 Å². The summed E-state index contributed by atoms with van der Waals surface area (Å²) in [6.07, 6.45) is 1.06. The summed E-state index contributed by atoms with van der Waals surface area (Å²) in [4.78, 5) is 29.3. The van der Waals surface area contributed by atoms with Crippen molar-refractivity contribution < 1.29 is 14.3 Å². The Morgan fingerprint density at radius 2 is 1.96 bits per heavy atom. The number of rotatable bonds is 3. The molecule has 2 aromatic carbocycles. The number of fused-ring (bicyclic) bond motifs is 1. The van der Waals surface area contributed by atoms with Crippen LogP contribution >= 0.6 is 11.6 Å². The summed E-state index contributed by atoms with van der Waals surface area (Å²) in [6, 6.07) is 13.3. The summed E-state index contributed by atoms with van der Waals surface area (Å²) in [5, 5.41) is 0.444. The van der Waals surface area contributed by atoms with Crippen LogP contribution in [0.2, 0.25) is 5.02 Å². The first-order chi connectivity index (χ1) is 13.0. The number of halogens is 1. The molecule has 0 bridgehead atoms. The van der Waals surface area contributed by atoms with E-state index in [0.29, 0.717) is 23.0 Å². The number of hydrogen-bond acceptors (Lipinski definition) is 3. The number of anilines is 2. The lowest BCUT2D eigenvalue weighted by Gasteiger charge is -2.26. The van der Waals surface area contributed by atoms with Gasteiger partial charge in [0.2, 0.25) is 11.8 Å². The zero-order chi connectivity index (χ0) is 19.1. The van der Waals surface area contributed by atoms with Crippen LogP contribution in [0.4, 0.5) is 11.4 Å². The molecule has 5 nitrogen and oxygen atoms in total. The molecule has 4 rings (SSSR count). The van der Waals surface area contributed by atoms with E-state index in [1.165, 1.54) is 5.56 Å². The van der Waals surface area contributed by atoms with Crippen LogP contribution < -0.4 is 14.5 Å². The van der Waals surface area contributed by atoms with Gasteiger partial charge in [-0.05, 0) is 43.2 Å². The minimum Gasteiger partial charge on any atom is -0.495 e. The van der Waals surface area contributed by atoms with Crippen molar-refractivity contribution >= 4 is 34.8 Å². The summed E-state index contributed by atoms with van der Waals surface area (Å²) < 4.78 is 5.17. The summed E-state index contributed by atoms with van der Waals surface area (Å²) in [7, 11) is 1.55. The van der Waals surface area contributed by atoms with E-state index in [2.05, 4.69) is 13.0 Å². The molecule has 0 aliphatic carbocycles. The number of amides is 2. The van der Waals surface area contributed by atoms with E-state index >= 15 is 0 Å². The quantitative estimate of drug-likeness (QED) is 0.811. The summed E-state index contributed by atoms with van der Waals surface area (Å²) >= 11 is 6.20. The van der Waals surface area contributed by atoms with E-state index in [9.17, 15) is 9.59 Å². The maximum absolute atomic E-state index is 13.2. The minimum atomic E-state index is -0.355. The summed E-state index contributed by atoms with van der Waals surface area (Å²) in [5.41, 5.74) is 2.84. The third-order valence-corrected chi connectivity index (χ3v) is 5.66. The molecule has 0 saturated carbocycles. The van der Waals surface area contributed by atoms with Crippen LogP contribution in [0, 0.1) is 5.92 Å². The van der Waals surface area contributed by atoms with Crippen molar-refractivity contribution in [2.24, 2.45) is 5.92 Å². The molecule has 2 aliphatic rings. The van der Waals surface area contributed by atoms with Gasteiger partial charge in [0.25, 0.3) is 0 Å². The van der Waals surface area contributed by atoms with Crippen molar-refractivity contribution in [3.8, 4) is 5.75 Å². The number of ether oxygens (including phenoxy) is 1. The standard InChI is InChI=1S/C21H21ClN2O3/c1-13-9-14-5-3-4-6-18(14)24(13)21(26)15-10-20(25)23(12-15)16-7-8-19(27-2)17(22)11-16/h3-8,11,13,15H,9-10,12H2,1-2H3. The predicted molar refractivity (Wildman–Crippen MR) is 106 cm³/mol. The maximum Gasteiger partial charge on any atom is 0.232 e. The van der Waals surface area contributed by atoms with Gasteiger partial charge in [-0.2, -0.15) is 0 Å². The fourth-order valence-electron chi connectivity index (χ4n) is 4.04. The fraction of sp³-hybridized carbons (Fsp3) is 0.333. The molecule has 0 aromatic heterocycles. The molecule has 27 heavy (non-hydrogen) atoms. The normalized spacial score (nSPS) is 21.5. The molecule has 1 fully saturated rings. The second-order valence-electron chi connectivity index (χ2n) is 7.11. The molecule has 6 heteroatoms. The van der Waals surface area contributed by atoms with Crippen LogP contribution in [0.1, 0.15) is 18.9 Å². The summed E-state index contributed by atoms with van der Waals surface area (Å²) in [6.45, 7) is 2.42. The molecule has 0 radical (unpaired) electrons.